The van der Waals surface area contributed by atoms with Crippen molar-refractivity contribution >= 4 is 15.7 Å². The molecule has 0 atom stereocenters. The first-order valence-corrected chi connectivity index (χ1v) is 7.35. The van der Waals surface area contributed by atoms with Crippen molar-refractivity contribution in [2.45, 2.75) is 11.8 Å². The molecule has 1 aromatic rings. The lowest BCUT2D eigenvalue weighted by Crippen LogP contribution is -2.30. The molecule has 7 heteroatoms. The third-order valence-electron chi connectivity index (χ3n) is 2.66. The normalized spacial score (nSPS) is 11.8. The molecule has 0 unspecified atom stereocenters. The Kier molecular flexibility index (Phi) is 5.59. The first kappa shape index (κ1) is 15.7. The summed E-state index contributed by atoms with van der Waals surface area (Å²) < 4.78 is 36.0. The van der Waals surface area contributed by atoms with Gasteiger partial charge in [-0.25, -0.2) is 8.42 Å². The number of sulfonamides is 1. The van der Waals surface area contributed by atoms with Gasteiger partial charge in [0.2, 0.25) is 10.0 Å². The van der Waals surface area contributed by atoms with Crippen molar-refractivity contribution in [1.29, 1.82) is 0 Å². The first-order chi connectivity index (χ1) is 8.93. The number of nitrogens with zero attached hydrogens (tertiary/aromatic N) is 1. The standard InChI is InChI=1S/C12H20N2O4S/c1-4-18-8-7-14(2)19(15,16)12-6-5-10(17-3)9-11(12)13/h5-6,9H,4,7-8,13H2,1-3H3. The maximum Gasteiger partial charge on any atom is 0.244 e. The molecular formula is C12H20N2O4S. The summed E-state index contributed by atoms with van der Waals surface area (Å²) in [6.07, 6.45) is 0. The summed E-state index contributed by atoms with van der Waals surface area (Å²) >= 11 is 0. The van der Waals surface area contributed by atoms with Crippen LogP contribution >= 0.6 is 0 Å². The van der Waals surface area contributed by atoms with Crippen molar-refractivity contribution in [2.24, 2.45) is 0 Å². The molecule has 0 amide bonds. The molecule has 0 fully saturated rings. The largest absolute Gasteiger partial charge is 0.497 e. The van der Waals surface area contributed by atoms with Crippen molar-refractivity contribution in [1.82, 2.24) is 4.31 Å². The van der Waals surface area contributed by atoms with Crippen LogP contribution in [0.4, 0.5) is 5.69 Å². The van der Waals surface area contributed by atoms with E-state index in [4.69, 9.17) is 15.2 Å². The highest BCUT2D eigenvalue weighted by Gasteiger charge is 2.23. The minimum atomic E-state index is -3.60. The fraction of sp³-hybridized carbons (Fsp3) is 0.500. The molecule has 0 heterocycles. The second-order valence-electron chi connectivity index (χ2n) is 3.93. The summed E-state index contributed by atoms with van der Waals surface area (Å²) in [6, 6.07) is 4.50. The van der Waals surface area contributed by atoms with Crippen LogP contribution in [-0.2, 0) is 14.8 Å². The number of nitrogen functional groups attached to an aromatic ring is 1. The van der Waals surface area contributed by atoms with E-state index in [1.807, 2.05) is 6.92 Å². The maximum atomic E-state index is 12.3. The molecule has 0 saturated heterocycles. The second-order valence-corrected chi connectivity index (χ2v) is 5.94. The average molecular weight is 288 g/mol. The van der Waals surface area contributed by atoms with Crippen LogP contribution in [0.25, 0.3) is 0 Å². The lowest BCUT2D eigenvalue weighted by Gasteiger charge is -2.18. The van der Waals surface area contributed by atoms with Gasteiger partial charge >= 0.3 is 0 Å². The fourth-order valence-electron chi connectivity index (χ4n) is 1.51. The Hall–Kier alpha value is -1.31. The minimum Gasteiger partial charge on any atom is -0.497 e. The maximum absolute atomic E-state index is 12.3. The zero-order chi connectivity index (χ0) is 14.5. The number of nitrogens with two attached hydrogens (primary N) is 1. The summed E-state index contributed by atoms with van der Waals surface area (Å²) in [4.78, 5) is 0.0762. The van der Waals surface area contributed by atoms with Gasteiger partial charge in [0.1, 0.15) is 10.6 Å². The van der Waals surface area contributed by atoms with E-state index >= 15 is 0 Å². The predicted molar refractivity (Wildman–Crippen MR) is 73.7 cm³/mol. The van der Waals surface area contributed by atoms with Gasteiger partial charge in [-0.05, 0) is 19.1 Å². The van der Waals surface area contributed by atoms with Crippen LogP contribution in [0.2, 0.25) is 0 Å². The van der Waals surface area contributed by atoms with Crippen molar-refractivity contribution in [2.75, 3.05) is 39.6 Å². The van der Waals surface area contributed by atoms with Gasteiger partial charge in [0.15, 0.2) is 0 Å². The number of hydrogen-bond donors (Lipinski definition) is 1. The SMILES string of the molecule is CCOCCN(C)S(=O)(=O)c1ccc(OC)cc1N. The van der Waals surface area contributed by atoms with Crippen molar-refractivity contribution < 1.29 is 17.9 Å². The van der Waals surface area contributed by atoms with E-state index in [1.54, 1.807) is 6.07 Å². The third-order valence-corrected chi connectivity index (χ3v) is 4.59. The number of anilines is 1. The van der Waals surface area contributed by atoms with E-state index in [0.717, 1.165) is 0 Å². The van der Waals surface area contributed by atoms with E-state index in [0.29, 0.717) is 19.0 Å². The summed E-state index contributed by atoms with van der Waals surface area (Å²) in [5.74, 6) is 0.522. The molecule has 1 rings (SSSR count). The molecule has 0 saturated carbocycles. The van der Waals surface area contributed by atoms with Crippen LogP contribution in [0.1, 0.15) is 6.92 Å². The number of ether oxygens (including phenoxy) is 2. The molecular weight excluding hydrogens is 268 g/mol. The zero-order valence-corrected chi connectivity index (χ0v) is 12.2. The Balaban J connectivity index is 2.93. The number of methoxy groups -OCH3 is 1. The lowest BCUT2D eigenvalue weighted by atomic mass is 10.3. The number of hydrogen-bond acceptors (Lipinski definition) is 5. The van der Waals surface area contributed by atoms with Crippen LogP contribution in [-0.4, -0.2) is 46.6 Å². The van der Waals surface area contributed by atoms with Gasteiger partial charge in [-0.15, -0.1) is 0 Å². The molecule has 6 nitrogen and oxygen atoms in total. The van der Waals surface area contributed by atoms with Crippen molar-refractivity contribution in [3.63, 3.8) is 0 Å². The minimum absolute atomic E-state index is 0.0762. The number of benzene rings is 1. The van der Waals surface area contributed by atoms with E-state index in [2.05, 4.69) is 0 Å². The summed E-state index contributed by atoms with van der Waals surface area (Å²) in [5, 5.41) is 0. The molecule has 0 spiro atoms. The Labute approximate surface area is 114 Å². The van der Waals surface area contributed by atoms with Gasteiger partial charge in [-0.1, -0.05) is 0 Å². The fourth-order valence-corrected chi connectivity index (χ4v) is 2.76. The molecule has 108 valence electrons. The predicted octanol–water partition coefficient (Wildman–Crippen LogP) is 0.934. The van der Waals surface area contributed by atoms with Crippen LogP contribution in [0.3, 0.4) is 0 Å². The van der Waals surface area contributed by atoms with Gasteiger partial charge in [-0.2, -0.15) is 4.31 Å². The zero-order valence-electron chi connectivity index (χ0n) is 11.4. The molecule has 1 aromatic carbocycles. The van der Waals surface area contributed by atoms with Crippen molar-refractivity contribution in [3.8, 4) is 5.75 Å². The highest BCUT2D eigenvalue weighted by Crippen LogP contribution is 2.25. The summed E-state index contributed by atoms with van der Waals surface area (Å²) in [5.41, 5.74) is 5.93. The highest BCUT2D eigenvalue weighted by atomic mass is 32.2. The number of rotatable bonds is 7. The molecule has 0 aliphatic carbocycles. The lowest BCUT2D eigenvalue weighted by molar-refractivity contribution is 0.138. The first-order valence-electron chi connectivity index (χ1n) is 5.91. The Bertz CT molecular complexity index is 516. The second kappa shape index (κ2) is 6.74. The van der Waals surface area contributed by atoms with E-state index in [1.165, 1.54) is 30.6 Å². The Morgan fingerprint density at radius 3 is 2.58 bits per heavy atom. The van der Waals surface area contributed by atoms with Gasteiger partial charge in [0.25, 0.3) is 0 Å². The average Bonchev–Trinajstić information content (AvgIpc) is 2.38. The molecule has 0 radical (unpaired) electrons. The Morgan fingerprint density at radius 2 is 2.05 bits per heavy atom. The van der Waals surface area contributed by atoms with Crippen LogP contribution in [0.5, 0.6) is 5.75 Å². The third kappa shape index (κ3) is 3.82. The van der Waals surface area contributed by atoms with Crippen LogP contribution in [0.15, 0.2) is 23.1 Å². The van der Waals surface area contributed by atoms with E-state index < -0.39 is 10.0 Å². The highest BCUT2D eigenvalue weighted by molar-refractivity contribution is 7.89. The molecule has 0 bridgehead atoms. The number of likely N-dealkylation sites (N-methyl/N-ethyl adjacent to an activating group) is 1. The Morgan fingerprint density at radius 1 is 1.37 bits per heavy atom. The molecule has 2 N–H and O–H groups in total. The summed E-state index contributed by atoms with van der Waals surface area (Å²) in [7, 11) is -0.607. The van der Waals surface area contributed by atoms with E-state index in [-0.39, 0.29) is 17.1 Å². The topological polar surface area (TPSA) is 81.9 Å². The molecule has 0 aliphatic heterocycles. The van der Waals surface area contributed by atoms with Gasteiger partial charge in [0, 0.05) is 26.3 Å². The van der Waals surface area contributed by atoms with Gasteiger partial charge < -0.3 is 15.2 Å². The van der Waals surface area contributed by atoms with Gasteiger partial charge in [0.05, 0.1) is 19.4 Å². The molecule has 0 aromatic heterocycles. The van der Waals surface area contributed by atoms with Crippen molar-refractivity contribution in [3.05, 3.63) is 18.2 Å². The molecule has 19 heavy (non-hydrogen) atoms. The quantitative estimate of drug-likeness (QED) is 0.596. The summed E-state index contributed by atoms with van der Waals surface area (Å²) in [6.45, 7) is 3.04. The molecule has 0 aliphatic rings. The smallest absolute Gasteiger partial charge is 0.244 e. The van der Waals surface area contributed by atoms with Gasteiger partial charge in [-0.3, -0.25) is 0 Å². The monoisotopic (exact) mass is 288 g/mol. The van der Waals surface area contributed by atoms with E-state index in [9.17, 15) is 8.42 Å². The van der Waals surface area contributed by atoms with Crippen LogP contribution < -0.4 is 10.5 Å². The van der Waals surface area contributed by atoms with Crippen LogP contribution in [0, 0.1) is 0 Å².